The lowest BCUT2D eigenvalue weighted by molar-refractivity contribution is -0.338. The molecule has 0 heterocycles. The van der Waals surface area contributed by atoms with Gasteiger partial charge in [-0.2, -0.15) is 22.0 Å². The molecule has 18 heavy (non-hydrogen) atoms. The van der Waals surface area contributed by atoms with Crippen molar-refractivity contribution in [2.24, 2.45) is 0 Å². The average molecular weight is 278 g/mol. The first-order valence-corrected chi connectivity index (χ1v) is 5.41. The quantitative estimate of drug-likeness (QED) is 0.530. The Bertz CT molecular complexity index is 291. The van der Waals surface area contributed by atoms with Crippen LogP contribution < -0.4 is 0 Å². The van der Waals surface area contributed by atoms with Crippen LogP contribution in [0.3, 0.4) is 0 Å². The third-order valence-corrected chi connectivity index (χ3v) is 2.51. The monoisotopic (exact) mass is 278 g/mol. The van der Waals surface area contributed by atoms with Crippen molar-refractivity contribution in [3.05, 3.63) is 0 Å². The summed E-state index contributed by atoms with van der Waals surface area (Å²) < 4.78 is 64.7. The predicted octanol–water partition coefficient (Wildman–Crippen LogP) is 2.97. The molecule has 0 saturated carbocycles. The second kappa shape index (κ2) is 5.81. The standard InChI is InChI=1S/C10H15F5O3/c1-2-3-4-5-6-8(11,12)10(15,18)9(13,14)7(16)17/h18H,2-6H2,1H3,(H,16,17). The van der Waals surface area contributed by atoms with Crippen molar-refractivity contribution in [3.63, 3.8) is 0 Å². The molecule has 0 spiro atoms. The van der Waals surface area contributed by atoms with E-state index in [-0.39, 0.29) is 12.8 Å². The van der Waals surface area contributed by atoms with Crippen molar-refractivity contribution in [2.45, 2.75) is 56.7 Å². The van der Waals surface area contributed by atoms with Gasteiger partial charge in [-0.1, -0.05) is 26.2 Å². The molecule has 0 aromatic heterocycles. The Morgan fingerprint density at radius 2 is 1.56 bits per heavy atom. The molecule has 8 heteroatoms. The Morgan fingerprint density at radius 1 is 1.06 bits per heavy atom. The third kappa shape index (κ3) is 3.30. The molecule has 0 saturated heterocycles. The number of aliphatic hydroxyl groups is 1. The maximum absolute atomic E-state index is 13.1. The molecule has 1 atom stereocenters. The van der Waals surface area contributed by atoms with Crippen LogP contribution in [-0.4, -0.2) is 33.9 Å². The molecular formula is C10H15F5O3. The fourth-order valence-corrected chi connectivity index (χ4v) is 1.31. The van der Waals surface area contributed by atoms with Gasteiger partial charge in [0, 0.05) is 6.42 Å². The number of halogens is 5. The second-order valence-electron chi connectivity index (χ2n) is 4.02. The van der Waals surface area contributed by atoms with E-state index in [1.165, 1.54) is 0 Å². The molecule has 0 amide bonds. The Morgan fingerprint density at radius 3 is 1.94 bits per heavy atom. The largest absolute Gasteiger partial charge is 0.477 e. The molecule has 0 aromatic carbocycles. The van der Waals surface area contributed by atoms with E-state index in [4.69, 9.17) is 10.2 Å². The number of rotatable bonds is 8. The number of unbranched alkanes of at least 4 members (excludes halogenated alkanes) is 3. The van der Waals surface area contributed by atoms with E-state index in [0.717, 1.165) is 0 Å². The highest BCUT2D eigenvalue weighted by Crippen LogP contribution is 2.45. The van der Waals surface area contributed by atoms with Gasteiger partial charge in [-0.15, -0.1) is 0 Å². The highest BCUT2D eigenvalue weighted by Gasteiger charge is 2.72. The SMILES string of the molecule is CCCCCCC(F)(F)C(O)(F)C(F)(F)C(=O)O. The van der Waals surface area contributed by atoms with Crippen molar-refractivity contribution in [3.8, 4) is 0 Å². The number of aliphatic carboxylic acids is 1. The maximum Gasteiger partial charge on any atom is 0.405 e. The van der Waals surface area contributed by atoms with Gasteiger partial charge in [0.1, 0.15) is 0 Å². The molecule has 2 N–H and O–H groups in total. The van der Waals surface area contributed by atoms with Crippen molar-refractivity contribution >= 4 is 5.97 Å². The van der Waals surface area contributed by atoms with E-state index < -0.39 is 30.1 Å². The van der Waals surface area contributed by atoms with Gasteiger partial charge in [-0.3, -0.25) is 0 Å². The lowest BCUT2D eigenvalue weighted by Crippen LogP contribution is -2.60. The number of carbonyl (C=O) groups is 1. The molecule has 3 nitrogen and oxygen atoms in total. The molecule has 0 aromatic rings. The smallest absolute Gasteiger partial charge is 0.405 e. The maximum atomic E-state index is 13.1. The van der Waals surface area contributed by atoms with Gasteiger partial charge in [-0.25, -0.2) is 4.79 Å². The molecule has 0 fully saturated rings. The minimum atomic E-state index is -5.57. The Hall–Kier alpha value is -0.920. The second-order valence-corrected chi connectivity index (χ2v) is 4.02. The first-order valence-electron chi connectivity index (χ1n) is 5.41. The van der Waals surface area contributed by atoms with Crippen LogP contribution in [0, 0.1) is 0 Å². The first-order chi connectivity index (χ1) is 8.00. The van der Waals surface area contributed by atoms with Crippen LogP contribution in [0.4, 0.5) is 22.0 Å². The predicted molar refractivity (Wildman–Crippen MR) is 52.3 cm³/mol. The highest BCUT2D eigenvalue weighted by atomic mass is 19.3. The molecule has 0 aliphatic rings. The minimum absolute atomic E-state index is 0.251. The fraction of sp³-hybridized carbons (Fsp3) is 0.900. The van der Waals surface area contributed by atoms with Gasteiger partial charge in [0.25, 0.3) is 0 Å². The van der Waals surface area contributed by atoms with Gasteiger partial charge < -0.3 is 10.2 Å². The summed E-state index contributed by atoms with van der Waals surface area (Å²) in [6, 6.07) is 0. The van der Waals surface area contributed by atoms with Gasteiger partial charge in [-0.05, 0) is 6.42 Å². The number of carboxylic acid groups (broad SMARTS) is 1. The zero-order valence-corrected chi connectivity index (χ0v) is 9.73. The molecule has 0 bridgehead atoms. The van der Waals surface area contributed by atoms with Crippen LogP contribution in [0.1, 0.15) is 39.0 Å². The first kappa shape index (κ1) is 17.1. The summed E-state index contributed by atoms with van der Waals surface area (Å²) in [6.07, 6.45) is -0.140. The van der Waals surface area contributed by atoms with E-state index in [2.05, 4.69) is 0 Å². The van der Waals surface area contributed by atoms with Gasteiger partial charge in [0.2, 0.25) is 0 Å². The summed E-state index contributed by atoms with van der Waals surface area (Å²) >= 11 is 0. The molecule has 108 valence electrons. The summed E-state index contributed by atoms with van der Waals surface area (Å²) in [6.45, 7) is 1.78. The number of carboxylic acids is 1. The van der Waals surface area contributed by atoms with Crippen LogP contribution in [0.2, 0.25) is 0 Å². The summed E-state index contributed by atoms with van der Waals surface area (Å²) in [7, 11) is 0. The van der Waals surface area contributed by atoms with Crippen LogP contribution in [0.5, 0.6) is 0 Å². The summed E-state index contributed by atoms with van der Waals surface area (Å²) in [5, 5.41) is 16.5. The lowest BCUT2D eigenvalue weighted by atomic mass is 9.97. The fourth-order valence-electron chi connectivity index (χ4n) is 1.31. The number of alkyl halides is 5. The highest BCUT2D eigenvalue weighted by molar-refractivity contribution is 5.77. The zero-order chi connectivity index (χ0) is 14.6. The van der Waals surface area contributed by atoms with Crippen molar-refractivity contribution in [1.29, 1.82) is 0 Å². The van der Waals surface area contributed by atoms with E-state index >= 15 is 0 Å². The number of hydrogen-bond acceptors (Lipinski definition) is 2. The van der Waals surface area contributed by atoms with E-state index in [9.17, 15) is 26.7 Å². The zero-order valence-electron chi connectivity index (χ0n) is 9.73. The van der Waals surface area contributed by atoms with Gasteiger partial charge in [0.05, 0.1) is 0 Å². The van der Waals surface area contributed by atoms with Gasteiger partial charge in [0.15, 0.2) is 0 Å². The van der Waals surface area contributed by atoms with Crippen LogP contribution in [-0.2, 0) is 4.79 Å². The molecule has 1 unspecified atom stereocenters. The van der Waals surface area contributed by atoms with Crippen LogP contribution in [0.15, 0.2) is 0 Å². The van der Waals surface area contributed by atoms with Crippen molar-refractivity contribution in [1.82, 2.24) is 0 Å². The normalized spacial score (nSPS) is 16.4. The minimum Gasteiger partial charge on any atom is -0.477 e. The molecule has 0 rings (SSSR count). The molecule has 0 aliphatic heterocycles. The van der Waals surface area contributed by atoms with Crippen molar-refractivity contribution in [2.75, 3.05) is 0 Å². The van der Waals surface area contributed by atoms with E-state index in [1.807, 2.05) is 0 Å². The Kier molecular flexibility index (Phi) is 5.52. The van der Waals surface area contributed by atoms with E-state index in [1.54, 1.807) is 6.92 Å². The summed E-state index contributed by atoms with van der Waals surface area (Å²) in [5.74, 6) is -18.9. The third-order valence-electron chi connectivity index (χ3n) is 2.51. The molecule has 0 aliphatic carbocycles. The number of hydrogen-bond donors (Lipinski definition) is 2. The Labute approximate surface area is 101 Å². The van der Waals surface area contributed by atoms with Crippen molar-refractivity contribution < 1.29 is 37.0 Å². The molecular weight excluding hydrogens is 263 g/mol. The van der Waals surface area contributed by atoms with Crippen LogP contribution >= 0.6 is 0 Å². The Balaban J connectivity index is 4.80. The summed E-state index contributed by atoms with van der Waals surface area (Å²) in [4.78, 5) is 10.0. The lowest BCUT2D eigenvalue weighted by Gasteiger charge is -2.32. The van der Waals surface area contributed by atoms with E-state index in [0.29, 0.717) is 12.8 Å². The van der Waals surface area contributed by atoms with Gasteiger partial charge >= 0.3 is 23.7 Å². The molecule has 0 radical (unpaired) electrons. The topological polar surface area (TPSA) is 57.5 Å². The summed E-state index contributed by atoms with van der Waals surface area (Å²) in [5.41, 5.74) is 0. The van der Waals surface area contributed by atoms with Crippen LogP contribution in [0.25, 0.3) is 0 Å². The average Bonchev–Trinajstić information content (AvgIpc) is 2.23.